The van der Waals surface area contributed by atoms with E-state index in [9.17, 15) is 14.9 Å². The Bertz CT molecular complexity index is 645. The van der Waals surface area contributed by atoms with Gasteiger partial charge in [0, 0.05) is 18.6 Å². The van der Waals surface area contributed by atoms with Crippen LogP contribution < -0.4 is 20.4 Å². The van der Waals surface area contributed by atoms with Gasteiger partial charge < -0.3 is 14.3 Å². The van der Waals surface area contributed by atoms with E-state index >= 15 is 0 Å². The number of guanidine groups is 1. The Labute approximate surface area is 130 Å². The summed E-state index contributed by atoms with van der Waals surface area (Å²) in [4.78, 5) is 25.2. The van der Waals surface area contributed by atoms with Crippen LogP contribution in [0.1, 0.15) is 12.5 Å². The number of rotatable bonds is 5. The average molecular weight is 325 g/mol. The van der Waals surface area contributed by atoms with Crippen LogP contribution in [0.15, 0.2) is 17.2 Å². The van der Waals surface area contributed by atoms with Crippen molar-refractivity contribution < 1.29 is 24.0 Å². The van der Waals surface area contributed by atoms with Gasteiger partial charge >= 0.3 is 5.97 Å². The molecule has 0 radical (unpaired) electrons. The van der Waals surface area contributed by atoms with E-state index in [-0.39, 0.29) is 22.7 Å². The molecular weight excluding hydrogens is 310 g/mol. The molecule has 11 heteroatoms. The highest BCUT2D eigenvalue weighted by Gasteiger charge is 2.17. The molecule has 0 aliphatic carbocycles. The van der Waals surface area contributed by atoms with Crippen LogP contribution in [-0.2, 0) is 9.63 Å². The molecule has 1 aromatic rings. The number of nitrogens with zero attached hydrogens (tertiary/aromatic N) is 2. The lowest BCUT2D eigenvalue weighted by molar-refractivity contribution is -0.385. The molecule has 0 amide bonds. The minimum atomic E-state index is -0.634. The van der Waals surface area contributed by atoms with E-state index in [2.05, 4.69) is 15.4 Å². The van der Waals surface area contributed by atoms with Crippen molar-refractivity contribution in [3.63, 3.8) is 0 Å². The fourth-order valence-electron chi connectivity index (χ4n) is 1.49. The normalized spacial score (nSPS) is 10.0. The number of hydrogen-bond donors (Lipinski definition) is 3. The summed E-state index contributed by atoms with van der Waals surface area (Å²) in [5, 5.41) is 22.0. The van der Waals surface area contributed by atoms with Gasteiger partial charge in [0.25, 0.3) is 5.69 Å². The molecule has 0 aliphatic rings. The molecule has 1 aromatic carbocycles. The van der Waals surface area contributed by atoms with Crippen LogP contribution in [0.5, 0.6) is 11.5 Å². The molecule has 0 heterocycles. The molecule has 0 atom stereocenters. The van der Waals surface area contributed by atoms with E-state index in [0.29, 0.717) is 0 Å². The van der Waals surface area contributed by atoms with Crippen molar-refractivity contribution in [2.75, 3.05) is 14.2 Å². The van der Waals surface area contributed by atoms with Gasteiger partial charge in [-0.2, -0.15) is 10.6 Å². The zero-order valence-corrected chi connectivity index (χ0v) is 12.6. The number of hydrazone groups is 1. The number of hydroxylamine groups is 1. The minimum Gasteiger partial charge on any atom is -0.493 e. The Morgan fingerprint density at radius 2 is 2.09 bits per heavy atom. The number of nitrogens with one attached hydrogen (secondary N) is 3. The van der Waals surface area contributed by atoms with E-state index < -0.39 is 16.9 Å². The summed E-state index contributed by atoms with van der Waals surface area (Å²) < 4.78 is 10.2. The fourth-order valence-corrected chi connectivity index (χ4v) is 1.49. The van der Waals surface area contributed by atoms with Crippen LogP contribution in [0.25, 0.3) is 0 Å². The van der Waals surface area contributed by atoms with Crippen molar-refractivity contribution in [1.82, 2.24) is 10.9 Å². The molecule has 0 aromatic heterocycles. The Morgan fingerprint density at radius 3 is 2.61 bits per heavy atom. The summed E-state index contributed by atoms with van der Waals surface area (Å²) in [6.07, 6.45) is 1.19. The highest BCUT2D eigenvalue weighted by molar-refractivity contribution is 5.87. The van der Waals surface area contributed by atoms with E-state index in [1.807, 2.05) is 5.48 Å². The van der Waals surface area contributed by atoms with Crippen molar-refractivity contribution in [2.45, 2.75) is 6.92 Å². The second-order valence-electron chi connectivity index (χ2n) is 3.97. The second kappa shape index (κ2) is 8.17. The first-order valence-electron chi connectivity index (χ1n) is 6.10. The highest BCUT2D eigenvalue weighted by Crippen LogP contribution is 2.34. The fraction of sp³-hybridized carbons (Fsp3) is 0.250. The average Bonchev–Trinajstić information content (AvgIpc) is 2.51. The lowest BCUT2D eigenvalue weighted by Gasteiger charge is -2.10. The third-order valence-electron chi connectivity index (χ3n) is 2.38. The summed E-state index contributed by atoms with van der Waals surface area (Å²) in [6, 6.07) is 2.45. The molecule has 0 spiro atoms. The molecule has 3 N–H and O–H groups in total. The summed E-state index contributed by atoms with van der Waals surface area (Å²) in [5.41, 5.74) is 4.26. The number of ether oxygens (including phenoxy) is 2. The van der Waals surface area contributed by atoms with Gasteiger partial charge in [-0.3, -0.25) is 20.3 Å². The summed E-state index contributed by atoms with van der Waals surface area (Å²) in [7, 11) is 2.72. The first-order chi connectivity index (χ1) is 10.9. The number of hydrogen-bond acceptors (Lipinski definition) is 8. The number of carbonyl (C=O) groups is 1. The third-order valence-corrected chi connectivity index (χ3v) is 2.38. The van der Waals surface area contributed by atoms with Crippen LogP contribution in [0, 0.1) is 15.5 Å². The van der Waals surface area contributed by atoms with Crippen LogP contribution >= 0.6 is 0 Å². The second-order valence-corrected chi connectivity index (χ2v) is 3.97. The molecule has 0 fully saturated rings. The summed E-state index contributed by atoms with van der Waals surface area (Å²) in [6.45, 7) is 1.16. The third kappa shape index (κ3) is 5.15. The van der Waals surface area contributed by atoms with Crippen molar-refractivity contribution in [1.29, 1.82) is 5.41 Å². The molecule has 0 bridgehead atoms. The molecule has 0 aliphatic heterocycles. The molecule has 23 heavy (non-hydrogen) atoms. The quantitative estimate of drug-likeness (QED) is 0.307. The van der Waals surface area contributed by atoms with Gasteiger partial charge in [0.05, 0.1) is 31.4 Å². The molecule has 0 unspecified atom stereocenters. The molecule has 11 nitrogen and oxygen atoms in total. The predicted octanol–water partition coefficient (Wildman–Crippen LogP) is 0.538. The molecule has 0 saturated heterocycles. The van der Waals surface area contributed by atoms with Crippen LogP contribution in [0.3, 0.4) is 0 Å². The predicted molar refractivity (Wildman–Crippen MR) is 79.6 cm³/mol. The van der Waals surface area contributed by atoms with E-state index in [0.717, 1.165) is 6.92 Å². The smallest absolute Gasteiger partial charge is 0.329 e. The largest absolute Gasteiger partial charge is 0.493 e. The number of benzene rings is 1. The van der Waals surface area contributed by atoms with E-state index in [4.69, 9.17) is 14.9 Å². The molecule has 1 rings (SSSR count). The van der Waals surface area contributed by atoms with Gasteiger partial charge in [0.15, 0.2) is 11.5 Å². The first kappa shape index (κ1) is 17.7. The van der Waals surface area contributed by atoms with Gasteiger partial charge in [-0.05, 0) is 0 Å². The molecule has 124 valence electrons. The van der Waals surface area contributed by atoms with Gasteiger partial charge in [-0.15, -0.1) is 0 Å². The van der Waals surface area contributed by atoms with Gasteiger partial charge in [0.2, 0.25) is 5.96 Å². The van der Waals surface area contributed by atoms with Crippen LogP contribution in [0.4, 0.5) is 5.69 Å². The lowest BCUT2D eigenvalue weighted by atomic mass is 10.1. The number of carbonyl (C=O) groups excluding carboxylic acids is 1. The highest BCUT2D eigenvalue weighted by atomic mass is 16.7. The molecular formula is C12H15N5O6. The van der Waals surface area contributed by atoms with Crippen molar-refractivity contribution in [3.05, 3.63) is 27.8 Å². The van der Waals surface area contributed by atoms with E-state index in [1.54, 1.807) is 0 Å². The maximum absolute atomic E-state index is 10.9. The van der Waals surface area contributed by atoms with Crippen molar-refractivity contribution in [3.8, 4) is 11.5 Å². The van der Waals surface area contributed by atoms with Crippen LogP contribution in [-0.4, -0.2) is 37.3 Å². The standard InChI is InChI=1S/C12H15N5O6/c1-7(18)23-16-12(13)15-14-6-8-4-9(17(19)20)5-10(21-2)11(8)22-3/h4-6H,1-3H3,(H3,13,15,16). The summed E-state index contributed by atoms with van der Waals surface area (Å²) in [5.74, 6) is -0.641. The topological polar surface area (TPSA) is 148 Å². The number of nitro groups is 1. The lowest BCUT2D eigenvalue weighted by Crippen LogP contribution is -2.34. The maximum atomic E-state index is 10.9. The van der Waals surface area contributed by atoms with Gasteiger partial charge in [0.1, 0.15) is 0 Å². The SMILES string of the molecule is COc1cc([N+](=O)[O-])cc(C=NNC(=N)NOC(C)=O)c1OC. The Balaban J connectivity index is 2.95. The van der Waals surface area contributed by atoms with Gasteiger partial charge in [-0.25, -0.2) is 5.43 Å². The monoisotopic (exact) mass is 325 g/mol. The van der Waals surface area contributed by atoms with Crippen molar-refractivity contribution in [2.24, 2.45) is 5.10 Å². The zero-order chi connectivity index (χ0) is 17.4. The summed E-state index contributed by atoms with van der Waals surface area (Å²) >= 11 is 0. The van der Waals surface area contributed by atoms with Gasteiger partial charge in [-0.1, -0.05) is 0 Å². The Hall–Kier alpha value is -3.37. The Kier molecular flexibility index (Phi) is 6.28. The first-order valence-corrected chi connectivity index (χ1v) is 6.10. The number of non-ortho nitro benzene ring substituents is 1. The van der Waals surface area contributed by atoms with Crippen molar-refractivity contribution >= 4 is 23.8 Å². The molecule has 0 saturated carbocycles. The van der Waals surface area contributed by atoms with E-state index in [1.165, 1.54) is 32.6 Å². The van der Waals surface area contributed by atoms with Crippen LogP contribution in [0.2, 0.25) is 0 Å². The minimum absolute atomic E-state index is 0.163. The zero-order valence-electron chi connectivity index (χ0n) is 12.6. The number of methoxy groups -OCH3 is 2. The number of nitro benzene ring substituents is 1. The maximum Gasteiger partial charge on any atom is 0.329 e. The Morgan fingerprint density at radius 1 is 1.39 bits per heavy atom.